The lowest BCUT2D eigenvalue weighted by molar-refractivity contribution is -0.121. The highest BCUT2D eigenvalue weighted by atomic mass is 16.2. The van der Waals surface area contributed by atoms with Crippen molar-refractivity contribution in [2.24, 2.45) is 5.73 Å². The minimum Gasteiger partial charge on any atom is -0.370 e. The van der Waals surface area contributed by atoms with Crippen molar-refractivity contribution in [3.05, 3.63) is 65.7 Å². The zero-order valence-corrected chi connectivity index (χ0v) is 16.1. The van der Waals surface area contributed by atoms with E-state index in [0.717, 1.165) is 16.8 Å². The van der Waals surface area contributed by atoms with Crippen molar-refractivity contribution < 1.29 is 9.59 Å². The Bertz CT molecular complexity index is 764. The summed E-state index contributed by atoms with van der Waals surface area (Å²) in [4.78, 5) is 25.9. The Morgan fingerprint density at radius 1 is 1.11 bits per heavy atom. The van der Waals surface area contributed by atoms with E-state index in [1.165, 1.54) is 0 Å². The fraction of sp³-hybridized carbons (Fsp3) is 0.333. The number of hydrogen-bond acceptors (Lipinski definition) is 3. The number of likely N-dealkylation sites (N-methyl/N-ethyl adjacent to an activating group) is 1. The highest BCUT2D eigenvalue weighted by Crippen LogP contribution is 2.18. The van der Waals surface area contributed by atoms with Gasteiger partial charge in [-0.05, 0) is 31.5 Å². The van der Waals surface area contributed by atoms with Gasteiger partial charge in [-0.15, -0.1) is 0 Å². The Kier molecular flexibility index (Phi) is 7.23. The van der Waals surface area contributed by atoms with Crippen LogP contribution in [-0.2, 0) is 4.79 Å². The number of aryl methyl sites for hydroxylation is 1. The Balaban J connectivity index is 1.94. The number of nitrogens with zero attached hydrogens (tertiary/aromatic N) is 1. The van der Waals surface area contributed by atoms with Crippen LogP contribution < -0.4 is 21.3 Å². The molecule has 0 unspecified atom stereocenters. The Morgan fingerprint density at radius 2 is 1.81 bits per heavy atom. The number of para-hydroxylation sites is 1. The monoisotopic (exact) mass is 368 g/mol. The van der Waals surface area contributed by atoms with E-state index in [4.69, 9.17) is 5.73 Å². The molecule has 0 aliphatic carbocycles. The normalized spacial score (nSPS) is 12.7. The first-order chi connectivity index (χ1) is 12.9. The Labute approximate surface area is 160 Å². The van der Waals surface area contributed by atoms with Crippen LogP contribution in [0.5, 0.6) is 0 Å². The van der Waals surface area contributed by atoms with Crippen molar-refractivity contribution in [3.63, 3.8) is 0 Å². The fourth-order valence-electron chi connectivity index (χ4n) is 2.88. The van der Waals surface area contributed by atoms with Gasteiger partial charge in [-0.3, -0.25) is 4.79 Å². The average molecular weight is 368 g/mol. The van der Waals surface area contributed by atoms with Gasteiger partial charge in [-0.25, -0.2) is 4.79 Å². The van der Waals surface area contributed by atoms with Crippen LogP contribution in [0.1, 0.15) is 30.5 Å². The lowest BCUT2D eigenvalue weighted by Crippen LogP contribution is -2.42. The van der Waals surface area contributed by atoms with Crippen molar-refractivity contribution in [1.29, 1.82) is 0 Å². The van der Waals surface area contributed by atoms with E-state index in [0.29, 0.717) is 6.54 Å². The number of nitrogens with two attached hydrogens (primary N) is 1. The molecule has 0 radical (unpaired) electrons. The van der Waals surface area contributed by atoms with Gasteiger partial charge in [0.15, 0.2) is 0 Å². The van der Waals surface area contributed by atoms with Crippen molar-refractivity contribution in [1.82, 2.24) is 10.6 Å². The quantitative estimate of drug-likeness (QED) is 0.669. The molecule has 3 amide bonds. The molecule has 6 nitrogen and oxygen atoms in total. The molecule has 4 N–H and O–H groups in total. The third kappa shape index (κ3) is 6.33. The summed E-state index contributed by atoms with van der Waals surface area (Å²) in [6, 6.07) is 16.7. The number of urea groups is 1. The molecule has 27 heavy (non-hydrogen) atoms. The molecule has 0 aliphatic rings. The van der Waals surface area contributed by atoms with Gasteiger partial charge in [0.2, 0.25) is 5.91 Å². The van der Waals surface area contributed by atoms with Gasteiger partial charge >= 0.3 is 6.03 Å². The summed E-state index contributed by atoms with van der Waals surface area (Å²) >= 11 is 0. The lowest BCUT2D eigenvalue weighted by Gasteiger charge is -2.27. The van der Waals surface area contributed by atoms with E-state index in [-0.39, 0.29) is 18.4 Å². The number of anilines is 1. The SMILES string of the molecule is Cc1cccc([C@H](CC(=O)NC[C@H](C)N(C)c2ccccc2)NC(N)=O)c1. The van der Waals surface area contributed by atoms with Gasteiger partial charge in [0, 0.05) is 25.3 Å². The number of carbonyl (C=O) groups is 2. The standard InChI is InChI=1S/C21H28N4O2/c1-15-8-7-9-17(12-15)19(24-21(22)27)13-20(26)23-14-16(2)25(3)18-10-5-4-6-11-18/h4-12,16,19H,13-14H2,1-3H3,(H,23,26)(H3,22,24,27)/t16-,19-/m0/s1. The van der Waals surface area contributed by atoms with Crippen LogP contribution in [-0.4, -0.2) is 31.6 Å². The predicted octanol–water partition coefficient (Wildman–Crippen LogP) is 2.74. The molecule has 0 fully saturated rings. The molecule has 6 heteroatoms. The maximum atomic E-state index is 12.4. The third-order valence-corrected chi connectivity index (χ3v) is 4.57. The summed E-state index contributed by atoms with van der Waals surface area (Å²) in [7, 11) is 2.00. The van der Waals surface area contributed by atoms with Crippen LogP contribution >= 0.6 is 0 Å². The number of hydrogen-bond donors (Lipinski definition) is 3. The Hall–Kier alpha value is -3.02. The zero-order chi connectivity index (χ0) is 19.8. The molecule has 0 aliphatic heterocycles. The molecular weight excluding hydrogens is 340 g/mol. The summed E-state index contributed by atoms with van der Waals surface area (Å²) < 4.78 is 0. The minimum atomic E-state index is -0.647. The number of amides is 3. The van der Waals surface area contributed by atoms with Crippen molar-refractivity contribution in [2.75, 3.05) is 18.5 Å². The van der Waals surface area contributed by atoms with Crippen LogP contribution in [0.2, 0.25) is 0 Å². The first-order valence-corrected chi connectivity index (χ1v) is 9.04. The van der Waals surface area contributed by atoms with Gasteiger partial charge in [0.1, 0.15) is 0 Å². The number of carbonyl (C=O) groups excluding carboxylic acids is 2. The summed E-state index contributed by atoms with van der Waals surface area (Å²) in [6.07, 6.45) is 0.133. The first kappa shape index (κ1) is 20.3. The molecule has 0 bridgehead atoms. The number of primary amides is 1. The van der Waals surface area contributed by atoms with Gasteiger partial charge in [-0.2, -0.15) is 0 Å². The third-order valence-electron chi connectivity index (χ3n) is 4.57. The van der Waals surface area contributed by atoms with Crippen LogP contribution in [0.25, 0.3) is 0 Å². The molecule has 144 valence electrons. The van der Waals surface area contributed by atoms with Gasteiger partial charge in [0.05, 0.1) is 12.5 Å². The van der Waals surface area contributed by atoms with Crippen LogP contribution in [0.4, 0.5) is 10.5 Å². The average Bonchev–Trinajstić information content (AvgIpc) is 2.65. The molecule has 0 heterocycles. The van der Waals surface area contributed by atoms with E-state index in [1.54, 1.807) is 0 Å². The lowest BCUT2D eigenvalue weighted by atomic mass is 10.0. The second-order valence-electron chi connectivity index (χ2n) is 6.78. The van der Waals surface area contributed by atoms with Crippen LogP contribution in [0, 0.1) is 6.92 Å². The van der Waals surface area contributed by atoms with Crippen LogP contribution in [0.15, 0.2) is 54.6 Å². The zero-order valence-electron chi connectivity index (χ0n) is 16.1. The Morgan fingerprint density at radius 3 is 2.44 bits per heavy atom. The van der Waals surface area contributed by atoms with E-state index < -0.39 is 12.1 Å². The van der Waals surface area contributed by atoms with E-state index in [2.05, 4.69) is 15.5 Å². The first-order valence-electron chi connectivity index (χ1n) is 9.04. The highest BCUT2D eigenvalue weighted by molar-refractivity contribution is 5.78. The van der Waals surface area contributed by atoms with Gasteiger partial charge in [-0.1, -0.05) is 48.0 Å². The van der Waals surface area contributed by atoms with E-state index >= 15 is 0 Å². The molecule has 0 saturated heterocycles. The van der Waals surface area contributed by atoms with Crippen molar-refractivity contribution in [3.8, 4) is 0 Å². The maximum Gasteiger partial charge on any atom is 0.312 e. The van der Waals surface area contributed by atoms with Gasteiger partial charge < -0.3 is 21.3 Å². The molecule has 2 rings (SSSR count). The fourth-order valence-corrected chi connectivity index (χ4v) is 2.88. The maximum absolute atomic E-state index is 12.4. The van der Waals surface area contributed by atoms with E-state index in [1.807, 2.05) is 75.5 Å². The predicted molar refractivity (Wildman–Crippen MR) is 109 cm³/mol. The number of rotatable bonds is 8. The summed E-state index contributed by atoms with van der Waals surface area (Å²) in [6.45, 7) is 4.51. The second-order valence-corrected chi connectivity index (χ2v) is 6.78. The minimum absolute atomic E-state index is 0.123. The molecule has 2 atom stereocenters. The van der Waals surface area contributed by atoms with Gasteiger partial charge in [0.25, 0.3) is 0 Å². The molecular formula is C21H28N4O2. The molecule has 2 aromatic rings. The summed E-state index contributed by atoms with van der Waals surface area (Å²) in [5, 5.41) is 5.61. The smallest absolute Gasteiger partial charge is 0.312 e. The summed E-state index contributed by atoms with van der Waals surface area (Å²) in [5.74, 6) is -0.136. The molecule has 0 aromatic heterocycles. The number of benzene rings is 2. The highest BCUT2D eigenvalue weighted by Gasteiger charge is 2.18. The molecule has 2 aromatic carbocycles. The number of nitrogens with one attached hydrogen (secondary N) is 2. The molecule has 0 saturated carbocycles. The van der Waals surface area contributed by atoms with E-state index in [9.17, 15) is 9.59 Å². The largest absolute Gasteiger partial charge is 0.370 e. The second kappa shape index (κ2) is 9.62. The van der Waals surface area contributed by atoms with Crippen molar-refractivity contribution in [2.45, 2.75) is 32.4 Å². The topological polar surface area (TPSA) is 87.5 Å². The van der Waals surface area contributed by atoms with Crippen molar-refractivity contribution >= 4 is 17.6 Å². The summed E-state index contributed by atoms with van der Waals surface area (Å²) in [5.41, 5.74) is 8.29. The molecule has 0 spiro atoms. The van der Waals surface area contributed by atoms with Crippen LogP contribution in [0.3, 0.4) is 0 Å².